The third-order valence-corrected chi connectivity index (χ3v) is 5.05. The van der Waals surface area contributed by atoms with E-state index in [0.717, 1.165) is 6.42 Å². The van der Waals surface area contributed by atoms with Gasteiger partial charge in [0.2, 0.25) is 10.0 Å². The van der Waals surface area contributed by atoms with Crippen LogP contribution in [0.3, 0.4) is 0 Å². The van der Waals surface area contributed by atoms with Gasteiger partial charge >= 0.3 is 0 Å². The maximum Gasteiger partial charge on any atom is 0.218 e. The van der Waals surface area contributed by atoms with Gasteiger partial charge in [-0.3, -0.25) is 0 Å². The summed E-state index contributed by atoms with van der Waals surface area (Å²) in [6.07, 6.45) is 1.47. The van der Waals surface area contributed by atoms with Gasteiger partial charge in [-0.05, 0) is 30.5 Å². The number of hydrogen-bond acceptors (Lipinski definition) is 3. The molecule has 1 heterocycles. The summed E-state index contributed by atoms with van der Waals surface area (Å²) in [6, 6.07) is 5.13. The van der Waals surface area contributed by atoms with Crippen molar-refractivity contribution in [1.29, 1.82) is 0 Å². The zero-order chi connectivity index (χ0) is 13.2. The fourth-order valence-electron chi connectivity index (χ4n) is 2.23. The first-order valence-corrected chi connectivity index (χ1v) is 7.48. The second kappa shape index (κ2) is 5.34. The zero-order valence-electron chi connectivity index (χ0n) is 9.92. The summed E-state index contributed by atoms with van der Waals surface area (Å²) in [7, 11) is -3.44. The van der Waals surface area contributed by atoms with Crippen LogP contribution in [-0.4, -0.2) is 37.0 Å². The standard InChI is InChI=1S/C12H16FNO3S/c13-11-5-3-10(4-6-11)9-18(16,17)14-7-1-2-12(14)8-15/h3-6,12,15H,1-2,7-9H2/t12-/m1/s1. The van der Waals surface area contributed by atoms with Gasteiger partial charge in [-0.25, -0.2) is 12.8 Å². The van der Waals surface area contributed by atoms with Crippen LogP contribution in [0.2, 0.25) is 0 Å². The summed E-state index contributed by atoms with van der Waals surface area (Å²) in [6.45, 7) is 0.303. The molecule has 0 amide bonds. The first-order valence-electron chi connectivity index (χ1n) is 5.88. The van der Waals surface area contributed by atoms with E-state index in [9.17, 15) is 12.8 Å². The molecule has 100 valence electrons. The highest BCUT2D eigenvalue weighted by Crippen LogP contribution is 2.23. The summed E-state index contributed by atoms with van der Waals surface area (Å²) < 4.78 is 38.5. The van der Waals surface area contributed by atoms with Crippen LogP contribution in [0.4, 0.5) is 4.39 Å². The predicted molar refractivity (Wildman–Crippen MR) is 65.8 cm³/mol. The van der Waals surface area contributed by atoms with E-state index in [-0.39, 0.29) is 24.2 Å². The van der Waals surface area contributed by atoms with Gasteiger partial charge in [0.15, 0.2) is 0 Å². The molecule has 0 spiro atoms. The second-order valence-corrected chi connectivity index (χ2v) is 6.39. The predicted octanol–water partition coefficient (Wildman–Crippen LogP) is 1.11. The maximum atomic E-state index is 12.7. The second-order valence-electron chi connectivity index (χ2n) is 4.47. The number of rotatable bonds is 4. The highest BCUT2D eigenvalue weighted by Gasteiger charge is 2.33. The van der Waals surface area contributed by atoms with E-state index >= 15 is 0 Å². The van der Waals surface area contributed by atoms with Crippen molar-refractivity contribution in [2.45, 2.75) is 24.6 Å². The van der Waals surface area contributed by atoms with Gasteiger partial charge in [0, 0.05) is 12.6 Å². The molecule has 1 aromatic carbocycles. The number of nitrogens with zero attached hydrogens (tertiary/aromatic N) is 1. The van der Waals surface area contributed by atoms with Crippen molar-refractivity contribution in [2.24, 2.45) is 0 Å². The Kier molecular flexibility index (Phi) is 3.99. The van der Waals surface area contributed by atoms with E-state index < -0.39 is 10.0 Å². The van der Waals surface area contributed by atoms with Crippen LogP contribution in [0.15, 0.2) is 24.3 Å². The number of halogens is 1. The monoisotopic (exact) mass is 273 g/mol. The Balaban J connectivity index is 2.14. The normalized spacial score (nSPS) is 21.3. The van der Waals surface area contributed by atoms with Crippen LogP contribution in [0.1, 0.15) is 18.4 Å². The fourth-order valence-corrected chi connectivity index (χ4v) is 4.05. The van der Waals surface area contributed by atoms with Gasteiger partial charge in [0.05, 0.1) is 12.4 Å². The molecule has 18 heavy (non-hydrogen) atoms. The number of aliphatic hydroxyl groups is 1. The molecular formula is C12H16FNO3S. The first-order chi connectivity index (χ1) is 8.53. The van der Waals surface area contributed by atoms with E-state index in [1.807, 2.05) is 0 Å². The van der Waals surface area contributed by atoms with E-state index in [1.165, 1.54) is 28.6 Å². The van der Waals surface area contributed by atoms with Crippen molar-refractivity contribution >= 4 is 10.0 Å². The van der Waals surface area contributed by atoms with Crippen molar-refractivity contribution < 1.29 is 17.9 Å². The van der Waals surface area contributed by atoms with Crippen LogP contribution in [-0.2, 0) is 15.8 Å². The lowest BCUT2D eigenvalue weighted by atomic mass is 10.2. The molecule has 0 radical (unpaired) electrons. The molecule has 1 aliphatic rings. The molecule has 0 saturated carbocycles. The fraction of sp³-hybridized carbons (Fsp3) is 0.500. The number of hydrogen-bond donors (Lipinski definition) is 1. The Labute approximate surface area is 106 Å². The van der Waals surface area contributed by atoms with Gasteiger partial charge in [0.1, 0.15) is 5.82 Å². The van der Waals surface area contributed by atoms with E-state index in [1.54, 1.807) is 0 Å². The number of benzene rings is 1. The van der Waals surface area contributed by atoms with Crippen LogP contribution >= 0.6 is 0 Å². The van der Waals surface area contributed by atoms with Crippen LogP contribution in [0, 0.1) is 5.82 Å². The third-order valence-electron chi connectivity index (χ3n) is 3.15. The summed E-state index contributed by atoms with van der Waals surface area (Å²) in [4.78, 5) is 0. The lowest BCUT2D eigenvalue weighted by molar-refractivity contribution is 0.213. The van der Waals surface area contributed by atoms with Gasteiger partial charge in [-0.15, -0.1) is 0 Å². The molecule has 2 rings (SSSR count). The molecule has 4 nitrogen and oxygen atoms in total. The van der Waals surface area contributed by atoms with E-state index in [4.69, 9.17) is 5.11 Å². The summed E-state index contributed by atoms with van der Waals surface area (Å²) in [5.41, 5.74) is 0.556. The summed E-state index contributed by atoms with van der Waals surface area (Å²) in [5.74, 6) is -0.533. The molecule has 0 bridgehead atoms. The van der Waals surface area contributed by atoms with Crippen LogP contribution < -0.4 is 0 Å². The third kappa shape index (κ3) is 2.88. The molecule has 1 atom stereocenters. The first kappa shape index (κ1) is 13.5. The minimum atomic E-state index is -3.44. The maximum absolute atomic E-state index is 12.7. The smallest absolute Gasteiger partial charge is 0.218 e. The van der Waals surface area contributed by atoms with Gasteiger partial charge in [-0.1, -0.05) is 12.1 Å². The minimum Gasteiger partial charge on any atom is -0.395 e. The van der Waals surface area contributed by atoms with Crippen molar-refractivity contribution in [1.82, 2.24) is 4.31 Å². The Hall–Kier alpha value is -0.980. The van der Waals surface area contributed by atoms with Gasteiger partial charge in [-0.2, -0.15) is 4.31 Å². The van der Waals surface area contributed by atoms with Crippen molar-refractivity contribution in [3.8, 4) is 0 Å². The molecule has 1 fully saturated rings. The topological polar surface area (TPSA) is 57.6 Å². The average Bonchev–Trinajstić information content (AvgIpc) is 2.81. The zero-order valence-corrected chi connectivity index (χ0v) is 10.7. The Morgan fingerprint density at radius 3 is 2.61 bits per heavy atom. The summed E-state index contributed by atoms with van der Waals surface area (Å²) in [5, 5.41) is 9.15. The highest BCUT2D eigenvalue weighted by molar-refractivity contribution is 7.88. The number of sulfonamides is 1. The molecule has 1 saturated heterocycles. The highest BCUT2D eigenvalue weighted by atomic mass is 32.2. The van der Waals surface area contributed by atoms with Gasteiger partial charge in [0.25, 0.3) is 0 Å². The van der Waals surface area contributed by atoms with E-state index in [2.05, 4.69) is 0 Å². The molecule has 0 aliphatic carbocycles. The Morgan fingerprint density at radius 2 is 2.00 bits per heavy atom. The number of aliphatic hydroxyl groups excluding tert-OH is 1. The molecular weight excluding hydrogens is 257 g/mol. The van der Waals surface area contributed by atoms with Crippen molar-refractivity contribution in [2.75, 3.05) is 13.2 Å². The minimum absolute atomic E-state index is 0.149. The van der Waals surface area contributed by atoms with E-state index in [0.29, 0.717) is 18.5 Å². The molecule has 1 aliphatic heterocycles. The molecule has 0 aromatic heterocycles. The molecule has 0 unspecified atom stereocenters. The quantitative estimate of drug-likeness (QED) is 0.894. The molecule has 6 heteroatoms. The Morgan fingerprint density at radius 1 is 1.33 bits per heavy atom. The lowest BCUT2D eigenvalue weighted by Gasteiger charge is -2.22. The largest absolute Gasteiger partial charge is 0.395 e. The summed E-state index contributed by atoms with van der Waals surface area (Å²) >= 11 is 0. The average molecular weight is 273 g/mol. The van der Waals surface area contributed by atoms with Crippen molar-refractivity contribution in [3.63, 3.8) is 0 Å². The molecule has 1 aromatic rings. The SMILES string of the molecule is O=S(=O)(Cc1ccc(F)cc1)N1CCC[C@@H]1CO. The molecule has 1 N–H and O–H groups in total. The Bertz CT molecular complexity index is 501. The lowest BCUT2D eigenvalue weighted by Crippen LogP contribution is -2.38. The van der Waals surface area contributed by atoms with Crippen LogP contribution in [0.5, 0.6) is 0 Å². The van der Waals surface area contributed by atoms with Crippen LogP contribution in [0.25, 0.3) is 0 Å². The van der Waals surface area contributed by atoms with Crippen molar-refractivity contribution in [3.05, 3.63) is 35.6 Å². The van der Waals surface area contributed by atoms with Gasteiger partial charge < -0.3 is 5.11 Å².